The Kier molecular flexibility index (Phi) is 6.16. The van der Waals surface area contributed by atoms with Crippen LogP contribution in [0.4, 0.5) is 4.79 Å². The third-order valence-corrected chi connectivity index (χ3v) is 3.50. The van der Waals surface area contributed by atoms with Crippen LogP contribution in [0.25, 0.3) is 0 Å². The highest BCUT2D eigenvalue weighted by atomic mass is 35.5. The summed E-state index contributed by atoms with van der Waals surface area (Å²) in [5.74, 6) is -0.0678. The highest BCUT2D eigenvalue weighted by molar-refractivity contribution is 8.05. The number of hydrazine groups is 1. The molecule has 0 aliphatic heterocycles. The first-order chi connectivity index (χ1) is 6.56. The second-order valence-electron chi connectivity index (χ2n) is 3.50. The molecule has 1 aliphatic rings. The number of hydrogen-bond donors (Lipinski definition) is 2. The highest BCUT2D eigenvalue weighted by Gasteiger charge is 2.25. The van der Waals surface area contributed by atoms with Gasteiger partial charge in [0.15, 0.2) is 0 Å². The van der Waals surface area contributed by atoms with Crippen LogP contribution in [0.1, 0.15) is 32.6 Å². The monoisotopic (exact) mass is 256 g/mol. The first kappa shape index (κ1) is 14.7. The van der Waals surface area contributed by atoms with Crippen LogP contribution >= 0.6 is 12.4 Å². The lowest BCUT2D eigenvalue weighted by Crippen LogP contribution is -2.42. The minimum absolute atomic E-state index is 0. The molecule has 0 heterocycles. The van der Waals surface area contributed by atoms with Crippen LogP contribution < -0.4 is 10.9 Å². The van der Waals surface area contributed by atoms with Gasteiger partial charge >= 0.3 is 5.24 Å². The summed E-state index contributed by atoms with van der Waals surface area (Å²) >= 11 is 0. The number of nitrogens with one attached hydrogen (secondary N) is 2. The molecule has 1 amide bonds. The number of rotatable bonds is 5. The molecule has 15 heavy (non-hydrogen) atoms. The van der Waals surface area contributed by atoms with E-state index in [9.17, 15) is 13.2 Å². The number of hydrogen-bond acceptors (Lipinski definition) is 4. The first-order valence-electron chi connectivity index (χ1n) is 4.84. The molecule has 1 fully saturated rings. The van der Waals surface area contributed by atoms with Crippen molar-refractivity contribution in [2.75, 3.05) is 5.75 Å². The Balaban J connectivity index is 0.00000196. The summed E-state index contributed by atoms with van der Waals surface area (Å²) in [4.78, 5) is 11.1. The third kappa shape index (κ3) is 5.34. The van der Waals surface area contributed by atoms with Crippen molar-refractivity contribution in [1.82, 2.24) is 10.9 Å². The standard InChI is InChI=1S/C8H16N2O3S.ClH/c1-2-3-6-14(12,13)8(11)10-9-7-4-5-7;/h7,9H,2-6H2,1H3,(H,10,11);1H. The van der Waals surface area contributed by atoms with Gasteiger partial charge in [-0.15, -0.1) is 12.4 Å². The van der Waals surface area contributed by atoms with Crippen LogP contribution in [0.3, 0.4) is 0 Å². The van der Waals surface area contributed by atoms with Crippen molar-refractivity contribution in [2.45, 2.75) is 38.6 Å². The lowest BCUT2D eigenvalue weighted by Gasteiger charge is -2.05. The summed E-state index contributed by atoms with van der Waals surface area (Å²) in [6.07, 6.45) is 3.28. The Bertz CT molecular complexity index is 301. The van der Waals surface area contributed by atoms with Gasteiger partial charge in [0.05, 0.1) is 5.75 Å². The average molecular weight is 257 g/mol. The van der Waals surface area contributed by atoms with Crippen molar-refractivity contribution >= 4 is 27.5 Å². The molecule has 1 aliphatic carbocycles. The molecule has 0 aromatic carbocycles. The molecule has 5 nitrogen and oxygen atoms in total. The zero-order valence-corrected chi connectivity index (χ0v) is 10.3. The van der Waals surface area contributed by atoms with Gasteiger partial charge in [-0.25, -0.2) is 13.8 Å². The Morgan fingerprint density at radius 1 is 1.40 bits per heavy atom. The van der Waals surface area contributed by atoms with Gasteiger partial charge in [0.1, 0.15) is 0 Å². The van der Waals surface area contributed by atoms with Gasteiger partial charge in [-0.1, -0.05) is 13.3 Å². The topological polar surface area (TPSA) is 75.3 Å². The van der Waals surface area contributed by atoms with Crippen LogP contribution in [0, 0.1) is 0 Å². The van der Waals surface area contributed by atoms with E-state index in [1.165, 1.54) is 0 Å². The zero-order chi connectivity index (χ0) is 10.6. The van der Waals surface area contributed by atoms with E-state index in [1.54, 1.807) is 0 Å². The average Bonchev–Trinajstić information content (AvgIpc) is 2.94. The molecule has 0 saturated heterocycles. The van der Waals surface area contributed by atoms with E-state index in [4.69, 9.17) is 0 Å². The SMILES string of the molecule is CCCCS(=O)(=O)C(=O)NNC1CC1.Cl. The number of carbonyl (C=O) groups is 1. The van der Waals surface area contributed by atoms with Crippen molar-refractivity contribution in [3.05, 3.63) is 0 Å². The van der Waals surface area contributed by atoms with Crippen LogP contribution in [-0.4, -0.2) is 25.5 Å². The minimum Gasteiger partial charge on any atom is -0.278 e. The zero-order valence-electron chi connectivity index (χ0n) is 8.65. The second-order valence-corrected chi connectivity index (χ2v) is 5.51. The second kappa shape index (κ2) is 6.30. The van der Waals surface area contributed by atoms with E-state index in [0.717, 1.165) is 19.3 Å². The van der Waals surface area contributed by atoms with E-state index >= 15 is 0 Å². The maximum Gasteiger partial charge on any atom is 0.350 e. The van der Waals surface area contributed by atoms with Crippen molar-refractivity contribution in [3.8, 4) is 0 Å². The third-order valence-electron chi connectivity index (χ3n) is 2.00. The molecule has 1 saturated carbocycles. The fourth-order valence-corrected chi connectivity index (χ4v) is 1.96. The molecule has 0 aromatic heterocycles. The van der Waals surface area contributed by atoms with E-state index in [2.05, 4.69) is 10.9 Å². The maximum absolute atomic E-state index is 11.3. The minimum atomic E-state index is -3.60. The molecular formula is C8H17ClN2O3S. The molecule has 0 unspecified atom stereocenters. The van der Waals surface area contributed by atoms with Crippen LogP contribution in [0.5, 0.6) is 0 Å². The predicted molar refractivity (Wildman–Crippen MR) is 60.6 cm³/mol. The fraction of sp³-hybridized carbons (Fsp3) is 0.875. The van der Waals surface area contributed by atoms with Gasteiger partial charge in [0.25, 0.3) is 0 Å². The molecule has 1 rings (SSSR count). The number of halogens is 1. The van der Waals surface area contributed by atoms with Gasteiger partial charge in [0, 0.05) is 6.04 Å². The Morgan fingerprint density at radius 3 is 2.47 bits per heavy atom. The van der Waals surface area contributed by atoms with Gasteiger partial charge in [-0.2, -0.15) is 0 Å². The fourth-order valence-electron chi connectivity index (χ4n) is 0.893. The largest absolute Gasteiger partial charge is 0.350 e. The number of amides is 1. The van der Waals surface area contributed by atoms with Gasteiger partial charge in [-0.3, -0.25) is 10.2 Å². The van der Waals surface area contributed by atoms with Crippen LogP contribution in [0.15, 0.2) is 0 Å². The molecule has 0 atom stereocenters. The van der Waals surface area contributed by atoms with E-state index in [0.29, 0.717) is 6.42 Å². The molecular weight excluding hydrogens is 240 g/mol. The quantitative estimate of drug-likeness (QED) is 0.720. The van der Waals surface area contributed by atoms with Crippen molar-refractivity contribution in [1.29, 1.82) is 0 Å². The molecule has 0 spiro atoms. The smallest absolute Gasteiger partial charge is 0.278 e. The number of carbonyl (C=O) groups excluding carboxylic acids is 1. The predicted octanol–water partition coefficient (Wildman–Crippen LogP) is 1.000. The summed E-state index contributed by atoms with van der Waals surface area (Å²) in [5, 5.41) is -0.905. The Hall–Kier alpha value is -0.330. The van der Waals surface area contributed by atoms with E-state index < -0.39 is 15.1 Å². The Labute approximate surface area is 96.3 Å². The van der Waals surface area contributed by atoms with Crippen LogP contribution in [0.2, 0.25) is 0 Å². The molecule has 2 N–H and O–H groups in total. The molecule has 90 valence electrons. The molecule has 7 heteroatoms. The van der Waals surface area contributed by atoms with E-state index in [1.807, 2.05) is 6.92 Å². The highest BCUT2D eigenvalue weighted by Crippen LogP contribution is 2.17. The Morgan fingerprint density at radius 2 is 2.00 bits per heavy atom. The lowest BCUT2D eigenvalue weighted by atomic mass is 10.4. The van der Waals surface area contributed by atoms with Gasteiger partial charge in [0.2, 0.25) is 9.84 Å². The summed E-state index contributed by atoms with van der Waals surface area (Å²) in [6.45, 7) is 1.88. The van der Waals surface area contributed by atoms with Gasteiger partial charge < -0.3 is 0 Å². The first-order valence-corrected chi connectivity index (χ1v) is 6.49. The summed E-state index contributed by atoms with van der Waals surface area (Å²) in [7, 11) is -3.60. The molecule has 0 bridgehead atoms. The maximum atomic E-state index is 11.3. The van der Waals surface area contributed by atoms with Crippen molar-refractivity contribution in [3.63, 3.8) is 0 Å². The number of unbranched alkanes of at least 4 members (excludes halogenated alkanes) is 1. The normalized spacial score (nSPS) is 15.5. The van der Waals surface area contributed by atoms with E-state index in [-0.39, 0.29) is 24.2 Å². The van der Waals surface area contributed by atoms with Gasteiger partial charge in [-0.05, 0) is 19.3 Å². The number of sulfone groups is 1. The van der Waals surface area contributed by atoms with Crippen molar-refractivity contribution in [2.24, 2.45) is 0 Å². The van der Waals surface area contributed by atoms with Crippen molar-refractivity contribution < 1.29 is 13.2 Å². The summed E-state index contributed by atoms with van der Waals surface area (Å²) < 4.78 is 22.5. The van der Waals surface area contributed by atoms with Crippen LogP contribution in [-0.2, 0) is 9.84 Å². The summed E-state index contributed by atoms with van der Waals surface area (Å²) in [6, 6.07) is 0.264. The molecule has 0 radical (unpaired) electrons. The lowest BCUT2D eigenvalue weighted by molar-refractivity contribution is 0.254. The molecule has 0 aromatic rings. The summed E-state index contributed by atoms with van der Waals surface area (Å²) in [5.41, 5.74) is 4.88.